The molecule has 108 valence electrons. The molecule has 1 aromatic carbocycles. The molecule has 2 heterocycles. The van der Waals surface area contributed by atoms with Gasteiger partial charge < -0.3 is 4.90 Å². The van der Waals surface area contributed by atoms with Crippen LogP contribution in [0.5, 0.6) is 0 Å². The summed E-state index contributed by atoms with van der Waals surface area (Å²) in [5.41, 5.74) is 1.69. The van der Waals surface area contributed by atoms with Gasteiger partial charge in [0.25, 0.3) is 10.0 Å². The topological polar surface area (TPSA) is 66.9 Å². The molecule has 0 spiro atoms. The number of amides is 1. The van der Waals surface area contributed by atoms with Crippen molar-refractivity contribution in [2.45, 2.75) is 24.7 Å². The van der Waals surface area contributed by atoms with Crippen LogP contribution in [0.1, 0.15) is 18.9 Å². The van der Waals surface area contributed by atoms with Crippen LogP contribution in [0.3, 0.4) is 0 Å². The number of rotatable bonds is 2. The quantitative estimate of drug-likeness (QED) is 0.814. The van der Waals surface area contributed by atoms with E-state index >= 15 is 0 Å². The third-order valence-electron chi connectivity index (χ3n) is 3.61. The van der Waals surface area contributed by atoms with Crippen molar-refractivity contribution >= 4 is 21.6 Å². The number of hydroxylamine groups is 1. The van der Waals surface area contributed by atoms with Crippen molar-refractivity contribution in [1.82, 2.24) is 4.47 Å². The van der Waals surface area contributed by atoms with Gasteiger partial charge in [0.15, 0.2) is 0 Å². The van der Waals surface area contributed by atoms with Crippen molar-refractivity contribution in [3.63, 3.8) is 0 Å². The zero-order chi connectivity index (χ0) is 14.3. The Balaban J connectivity index is 1.96. The highest BCUT2D eigenvalue weighted by Gasteiger charge is 2.31. The lowest BCUT2D eigenvalue weighted by molar-refractivity contribution is -0.116. The van der Waals surface area contributed by atoms with Gasteiger partial charge >= 0.3 is 0 Å². The van der Waals surface area contributed by atoms with E-state index in [1.807, 2.05) is 0 Å². The molecule has 0 radical (unpaired) electrons. The number of hydrogen-bond acceptors (Lipinski definition) is 4. The minimum Gasteiger partial charge on any atom is -0.312 e. The van der Waals surface area contributed by atoms with Crippen molar-refractivity contribution in [1.29, 1.82) is 0 Å². The molecule has 0 unspecified atom stereocenters. The Hall–Kier alpha value is -1.44. The van der Waals surface area contributed by atoms with E-state index in [1.54, 1.807) is 17.0 Å². The molecule has 0 bridgehead atoms. The maximum absolute atomic E-state index is 12.4. The van der Waals surface area contributed by atoms with Crippen LogP contribution in [-0.4, -0.2) is 38.5 Å². The molecule has 0 saturated carbocycles. The summed E-state index contributed by atoms with van der Waals surface area (Å²) in [6.07, 6.45) is 1.39. The van der Waals surface area contributed by atoms with Gasteiger partial charge in [-0.1, -0.05) is 4.47 Å². The molecule has 0 N–H and O–H groups in total. The molecule has 6 nitrogen and oxygen atoms in total. The first-order chi connectivity index (χ1) is 9.50. The third-order valence-corrected chi connectivity index (χ3v) is 5.29. The second-order valence-electron chi connectivity index (χ2n) is 4.93. The fraction of sp³-hybridized carbons (Fsp3) is 0.462. The largest absolute Gasteiger partial charge is 0.312 e. The minimum absolute atomic E-state index is 0.0257. The van der Waals surface area contributed by atoms with Gasteiger partial charge in [0.2, 0.25) is 5.91 Å². The summed E-state index contributed by atoms with van der Waals surface area (Å²) in [6.45, 7) is 2.94. The van der Waals surface area contributed by atoms with Gasteiger partial charge in [0, 0.05) is 25.7 Å². The molecule has 1 aromatic rings. The predicted molar refractivity (Wildman–Crippen MR) is 72.6 cm³/mol. The van der Waals surface area contributed by atoms with Crippen LogP contribution in [0.2, 0.25) is 0 Å². The first kappa shape index (κ1) is 13.5. The van der Waals surface area contributed by atoms with Crippen molar-refractivity contribution < 1.29 is 18.0 Å². The normalized spacial score (nSPS) is 19.4. The molecule has 3 rings (SSSR count). The van der Waals surface area contributed by atoms with Gasteiger partial charge in [-0.3, -0.25) is 9.63 Å². The second-order valence-corrected chi connectivity index (χ2v) is 6.76. The molecule has 7 heteroatoms. The molecular formula is C13H16N2O4S. The number of carbonyl (C=O) groups is 1. The fourth-order valence-electron chi connectivity index (χ4n) is 2.60. The molecule has 1 saturated heterocycles. The average molecular weight is 296 g/mol. The Morgan fingerprint density at radius 3 is 2.75 bits per heavy atom. The van der Waals surface area contributed by atoms with E-state index < -0.39 is 10.0 Å². The maximum Gasteiger partial charge on any atom is 0.265 e. The van der Waals surface area contributed by atoms with Crippen LogP contribution in [0, 0.1) is 0 Å². The van der Waals surface area contributed by atoms with Crippen LogP contribution in [0.4, 0.5) is 5.69 Å². The Morgan fingerprint density at radius 1 is 1.30 bits per heavy atom. The predicted octanol–water partition coefficient (Wildman–Crippen LogP) is 0.922. The van der Waals surface area contributed by atoms with Crippen molar-refractivity contribution in [3.05, 3.63) is 23.8 Å². The number of nitrogens with zero attached hydrogens (tertiary/aromatic N) is 2. The highest BCUT2D eigenvalue weighted by molar-refractivity contribution is 7.89. The molecule has 2 aliphatic rings. The summed E-state index contributed by atoms with van der Waals surface area (Å²) in [4.78, 5) is 18.5. The summed E-state index contributed by atoms with van der Waals surface area (Å²) in [5.74, 6) is -0.0257. The Labute approximate surface area is 117 Å². The number of sulfonamides is 1. The molecule has 2 aliphatic heterocycles. The van der Waals surface area contributed by atoms with Crippen LogP contribution in [0.25, 0.3) is 0 Å². The van der Waals surface area contributed by atoms with Crippen LogP contribution >= 0.6 is 0 Å². The molecule has 1 amide bonds. The van der Waals surface area contributed by atoms with E-state index in [4.69, 9.17) is 4.84 Å². The van der Waals surface area contributed by atoms with E-state index in [9.17, 15) is 13.2 Å². The summed E-state index contributed by atoms with van der Waals surface area (Å²) in [7, 11) is -3.59. The zero-order valence-corrected chi connectivity index (χ0v) is 12.0. The van der Waals surface area contributed by atoms with E-state index in [1.165, 1.54) is 13.0 Å². The monoisotopic (exact) mass is 296 g/mol. The fourth-order valence-corrected chi connectivity index (χ4v) is 3.95. The van der Waals surface area contributed by atoms with Crippen LogP contribution in [0.15, 0.2) is 23.1 Å². The number of anilines is 1. The SMILES string of the molecule is CC(=O)N1CCc2cc(S(=O)(=O)N3CCCO3)ccc21. The second kappa shape index (κ2) is 4.83. The Kier molecular flexibility index (Phi) is 3.27. The van der Waals surface area contributed by atoms with E-state index in [0.717, 1.165) is 15.7 Å². The molecule has 0 aliphatic carbocycles. The van der Waals surface area contributed by atoms with Crippen LogP contribution in [-0.2, 0) is 26.1 Å². The van der Waals surface area contributed by atoms with Gasteiger partial charge in [-0.2, -0.15) is 0 Å². The van der Waals surface area contributed by atoms with Crippen molar-refractivity contribution in [2.24, 2.45) is 0 Å². The van der Waals surface area contributed by atoms with Crippen molar-refractivity contribution in [3.8, 4) is 0 Å². The molecular weight excluding hydrogens is 280 g/mol. The summed E-state index contributed by atoms with van der Waals surface area (Å²) >= 11 is 0. The van der Waals surface area contributed by atoms with E-state index in [0.29, 0.717) is 32.5 Å². The lowest BCUT2D eigenvalue weighted by Crippen LogP contribution is -2.27. The first-order valence-corrected chi connectivity index (χ1v) is 8.01. The van der Waals surface area contributed by atoms with Gasteiger partial charge in [-0.05, 0) is 36.6 Å². The molecule has 0 atom stereocenters. The highest BCUT2D eigenvalue weighted by Crippen LogP contribution is 2.31. The molecule has 1 fully saturated rings. The Bertz CT molecular complexity index is 650. The highest BCUT2D eigenvalue weighted by atomic mass is 32.2. The Morgan fingerprint density at radius 2 is 2.10 bits per heavy atom. The smallest absolute Gasteiger partial charge is 0.265 e. The summed E-state index contributed by atoms with van der Waals surface area (Å²) < 4.78 is 25.8. The summed E-state index contributed by atoms with van der Waals surface area (Å²) in [6, 6.07) is 4.89. The maximum atomic E-state index is 12.4. The van der Waals surface area contributed by atoms with Gasteiger partial charge in [0.1, 0.15) is 0 Å². The van der Waals surface area contributed by atoms with Crippen molar-refractivity contribution in [2.75, 3.05) is 24.6 Å². The lowest BCUT2D eigenvalue weighted by Gasteiger charge is -2.17. The summed E-state index contributed by atoms with van der Waals surface area (Å²) in [5, 5.41) is 0. The van der Waals surface area contributed by atoms with Gasteiger partial charge in [0.05, 0.1) is 11.5 Å². The average Bonchev–Trinajstić information content (AvgIpc) is 3.07. The standard InChI is InChI=1S/C13H16N2O4S/c1-10(16)14-7-5-11-9-12(3-4-13(11)14)20(17,18)15-6-2-8-19-15/h3-4,9H,2,5-8H2,1H3. The number of carbonyl (C=O) groups excluding carboxylic acids is 1. The van der Waals surface area contributed by atoms with E-state index in [2.05, 4.69) is 0 Å². The molecule has 20 heavy (non-hydrogen) atoms. The zero-order valence-electron chi connectivity index (χ0n) is 11.2. The van der Waals surface area contributed by atoms with Gasteiger partial charge in [-0.25, -0.2) is 8.42 Å². The third kappa shape index (κ3) is 2.11. The van der Waals surface area contributed by atoms with Gasteiger partial charge in [-0.15, -0.1) is 0 Å². The first-order valence-electron chi connectivity index (χ1n) is 6.57. The number of hydrogen-bond donors (Lipinski definition) is 0. The minimum atomic E-state index is -3.59. The van der Waals surface area contributed by atoms with E-state index in [-0.39, 0.29) is 10.8 Å². The lowest BCUT2D eigenvalue weighted by atomic mass is 10.2. The van der Waals surface area contributed by atoms with Crippen LogP contribution < -0.4 is 4.90 Å². The number of benzene rings is 1. The number of fused-ring (bicyclic) bond motifs is 1. The molecule has 0 aromatic heterocycles.